The number of carboxylic acid groups (broad SMARTS) is 1. The largest absolute Gasteiger partial charge is 0.480 e. The lowest BCUT2D eigenvalue weighted by Gasteiger charge is -2.20. The predicted octanol–water partition coefficient (Wildman–Crippen LogP) is 1.53. The van der Waals surface area contributed by atoms with Crippen molar-refractivity contribution in [1.29, 1.82) is 0 Å². The maximum absolute atomic E-state index is 12.5. The predicted molar refractivity (Wildman–Crippen MR) is 77.0 cm³/mol. The van der Waals surface area contributed by atoms with Gasteiger partial charge in [0.1, 0.15) is 17.4 Å². The molecule has 108 valence electrons. The summed E-state index contributed by atoms with van der Waals surface area (Å²) in [5.41, 5.74) is 0.900. The maximum Gasteiger partial charge on any atom is 0.323 e. The van der Waals surface area contributed by atoms with Crippen molar-refractivity contribution in [3.63, 3.8) is 0 Å². The first-order chi connectivity index (χ1) is 9.40. The summed E-state index contributed by atoms with van der Waals surface area (Å²) in [4.78, 5) is 33.0. The summed E-state index contributed by atoms with van der Waals surface area (Å²) in [5, 5.41) is 9.44. The van der Waals surface area contributed by atoms with Crippen molar-refractivity contribution in [2.75, 3.05) is 19.3 Å². The molecule has 1 heterocycles. The molecule has 0 aliphatic rings. The fourth-order valence-electron chi connectivity index (χ4n) is 1.77. The molecule has 0 aliphatic carbocycles. The van der Waals surface area contributed by atoms with Crippen molar-refractivity contribution in [1.82, 2.24) is 14.9 Å². The van der Waals surface area contributed by atoms with E-state index in [4.69, 9.17) is 5.11 Å². The monoisotopic (exact) mass is 295 g/mol. The highest BCUT2D eigenvalue weighted by molar-refractivity contribution is 7.98. The van der Waals surface area contributed by atoms with Gasteiger partial charge in [-0.3, -0.25) is 9.59 Å². The third-order valence-corrected chi connectivity index (χ3v) is 3.22. The zero-order valence-electron chi connectivity index (χ0n) is 11.7. The smallest absolute Gasteiger partial charge is 0.323 e. The number of hydrogen-bond donors (Lipinski definition) is 1. The first kappa shape index (κ1) is 16.2. The minimum absolute atomic E-state index is 0.159. The topological polar surface area (TPSA) is 83.4 Å². The Morgan fingerprint density at radius 1 is 1.40 bits per heavy atom. The standard InChI is InChI=1S/C13H17N3O3S/c1-5-6-16(7-10(17)18)13(19)11-8(2)14-9(3)15-12(11)20-4/h5H,1,6-7H2,2-4H3,(H,17,18). The van der Waals surface area contributed by atoms with Crippen LogP contribution >= 0.6 is 11.8 Å². The lowest BCUT2D eigenvalue weighted by Crippen LogP contribution is -2.36. The van der Waals surface area contributed by atoms with E-state index in [1.54, 1.807) is 13.8 Å². The second-order valence-corrected chi connectivity index (χ2v) is 4.90. The van der Waals surface area contributed by atoms with Crippen LogP contribution in [-0.4, -0.2) is 51.2 Å². The molecule has 1 aromatic heterocycles. The molecule has 1 aromatic rings. The summed E-state index contributed by atoms with van der Waals surface area (Å²) in [5.74, 6) is -0.886. The Hall–Kier alpha value is -1.89. The van der Waals surface area contributed by atoms with Gasteiger partial charge in [0.25, 0.3) is 5.91 Å². The first-order valence-corrected chi connectivity index (χ1v) is 7.14. The van der Waals surface area contributed by atoms with E-state index < -0.39 is 11.9 Å². The van der Waals surface area contributed by atoms with Crippen LogP contribution in [0.4, 0.5) is 0 Å². The van der Waals surface area contributed by atoms with Crippen LogP contribution in [0.25, 0.3) is 0 Å². The summed E-state index contributed by atoms with van der Waals surface area (Å²) < 4.78 is 0. The number of carbonyl (C=O) groups excluding carboxylic acids is 1. The fourth-order valence-corrected chi connectivity index (χ4v) is 2.43. The highest BCUT2D eigenvalue weighted by Gasteiger charge is 2.23. The number of hydrogen-bond acceptors (Lipinski definition) is 5. The van der Waals surface area contributed by atoms with E-state index in [1.807, 2.05) is 6.26 Å². The molecule has 20 heavy (non-hydrogen) atoms. The molecule has 0 bridgehead atoms. The second kappa shape index (κ2) is 7.04. The van der Waals surface area contributed by atoms with E-state index in [1.165, 1.54) is 22.7 Å². The average molecular weight is 295 g/mol. The molecule has 0 atom stereocenters. The quantitative estimate of drug-likeness (QED) is 0.487. The number of rotatable bonds is 6. The fraction of sp³-hybridized carbons (Fsp3) is 0.385. The number of nitrogens with zero attached hydrogens (tertiary/aromatic N) is 3. The van der Waals surface area contributed by atoms with Gasteiger partial charge in [0, 0.05) is 6.54 Å². The molecular formula is C13H17N3O3S. The molecule has 6 nitrogen and oxygen atoms in total. The zero-order valence-corrected chi connectivity index (χ0v) is 12.5. The Morgan fingerprint density at radius 2 is 2.05 bits per heavy atom. The summed E-state index contributed by atoms with van der Waals surface area (Å²) in [6, 6.07) is 0. The number of thioether (sulfide) groups is 1. The molecule has 0 fully saturated rings. The number of amides is 1. The number of aromatic nitrogens is 2. The molecule has 0 spiro atoms. The van der Waals surface area contributed by atoms with E-state index >= 15 is 0 Å². The van der Waals surface area contributed by atoms with Crippen molar-refractivity contribution in [2.45, 2.75) is 18.9 Å². The van der Waals surface area contributed by atoms with Crippen LogP contribution in [0.2, 0.25) is 0 Å². The molecule has 1 N–H and O–H groups in total. The molecule has 0 saturated carbocycles. The Bertz CT molecular complexity index is 546. The normalized spacial score (nSPS) is 10.2. The second-order valence-electron chi connectivity index (χ2n) is 4.11. The SMILES string of the molecule is C=CCN(CC(=O)O)C(=O)c1c(C)nc(C)nc1SC. The van der Waals surface area contributed by atoms with Gasteiger partial charge >= 0.3 is 5.97 Å². The summed E-state index contributed by atoms with van der Waals surface area (Å²) in [6.07, 6.45) is 3.30. The molecule has 7 heteroatoms. The molecule has 1 rings (SSSR count). The van der Waals surface area contributed by atoms with Crippen molar-refractivity contribution in [2.24, 2.45) is 0 Å². The Balaban J connectivity index is 3.23. The van der Waals surface area contributed by atoms with E-state index in [0.29, 0.717) is 22.1 Å². The lowest BCUT2D eigenvalue weighted by atomic mass is 10.2. The third kappa shape index (κ3) is 3.80. The Morgan fingerprint density at radius 3 is 2.55 bits per heavy atom. The van der Waals surface area contributed by atoms with Gasteiger partial charge in [0.15, 0.2) is 0 Å². The third-order valence-electron chi connectivity index (χ3n) is 2.54. The van der Waals surface area contributed by atoms with Crippen LogP contribution in [0.3, 0.4) is 0 Å². The molecule has 0 aromatic carbocycles. The van der Waals surface area contributed by atoms with Gasteiger partial charge in [-0.15, -0.1) is 18.3 Å². The number of carboxylic acids is 1. The highest BCUT2D eigenvalue weighted by Crippen LogP contribution is 2.22. The zero-order chi connectivity index (χ0) is 15.3. The summed E-state index contributed by atoms with van der Waals surface area (Å²) in [6.45, 7) is 6.78. The molecule has 1 amide bonds. The Kier molecular flexibility index (Phi) is 5.69. The molecular weight excluding hydrogens is 278 g/mol. The van der Waals surface area contributed by atoms with E-state index in [0.717, 1.165) is 0 Å². The van der Waals surface area contributed by atoms with E-state index in [-0.39, 0.29) is 13.1 Å². The van der Waals surface area contributed by atoms with Crippen LogP contribution in [-0.2, 0) is 4.79 Å². The average Bonchev–Trinajstić information content (AvgIpc) is 2.36. The van der Waals surface area contributed by atoms with Crippen LogP contribution in [0.15, 0.2) is 17.7 Å². The molecule has 0 unspecified atom stereocenters. The van der Waals surface area contributed by atoms with E-state index in [2.05, 4.69) is 16.5 Å². The van der Waals surface area contributed by atoms with Gasteiger partial charge in [0.2, 0.25) is 0 Å². The lowest BCUT2D eigenvalue weighted by molar-refractivity contribution is -0.137. The van der Waals surface area contributed by atoms with E-state index in [9.17, 15) is 9.59 Å². The maximum atomic E-state index is 12.5. The van der Waals surface area contributed by atoms with Gasteiger partial charge in [-0.25, -0.2) is 9.97 Å². The number of aryl methyl sites for hydroxylation is 2. The van der Waals surface area contributed by atoms with Gasteiger partial charge in [-0.05, 0) is 20.1 Å². The summed E-state index contributed by atoms with van der Waals surface area (Å²) >= 11 is 1.33. The van der Waals surface area contributed by atoms with Gasteiger partial charge in [0.05, 0.1) is 11.3 Å². The van der Waals surface area contributed by atoms with Gasteiger partial charge in [-0.1, -0.05) is 6.08 Å². The minimum Gasteiger partial charge on any atom is -0.480 e. The highest BCUT2D eigenvalue weighted by atomic mass is 32.2. The van der Waals surface area contributed by atoms with Crippen molar-refractivity contribution in [3.8, 4) is 0 Å². The minimum atomic E-state index is -1.07. The van der Waals surface area contributed by atoms with Crippen LogP contribution in [0.5, 0.6) is 0 Å². The molecule has 0 saturated heterocycles. The van der Waals surface area contributed by atoms with Crippen LogP contribution < -0.4 is 0 Å². The van der Waals surface area contributed by atoms with Crippen LogP contribution in [0.1, 0.15) is 21.9 Å². The summed E-state index contributed by atoms with van der Waals surface area (Å²) in [7, 11) is 0. The Labute approximate surface area is 121 Å². The van der Waals surface area contributed by atoms with Crippen LogP contribution in [0, 0.1) is 13.8 Å². The number of carbonyl (C=O) groups is 2. The van der Waals surface area contributed by atoms with Gasteiger partial charge in [-0.2, -0.15) is 0 Å². The van der Waals surface area contributed by atoms with Gasteiger partial charge < -0.3 is 10.0 Å². The molecule has 0 radical (unpaired) electrons. The number of aliphatic carboxylic acids is 1. The first-order valence-electron chi connectivity index (χ1n) is 5.91. The van der Waals surface area contributed by atoms with Crippen molar-refractivity contribution in [3.05, 3.63) is 29.7 Å². The van der Waals surface area contributed by atoms with Crippen molar-refractivity contribution >= 4 is 23.6 Å². The van der Waals surface area contributed by atoms with Crippen molar-refractivity contribution < 1.29 is 14.7 Å². The molecule has 0 aliphatic heterocycles.